The van der Waals surface area contributed by atoms with Crippen molar-refractivity contribution in [2.75, 3.05) is 6.54 Å². The molecule has 0 saturated heterocycles. The Bertz CT molecular complexity index is 572. The van der Waals surface area contributed by atoms with Gasteiger partial charge in [0, 0.05) is 31.0 Å². The molecule has 6 heteroatoms. The fraction of sp³-hybridized carbons (Fsp3) is 0.733. The highest BCUT2D eigenvalue weighted by molar-refractivity contribution is 7.89. The fourth-order valence-electron chi connectivity index (χ4n) is 2.97. The highest BCUT2D eigenvalue weighted by Gasteiger charge is 2.32. The Morgan fingerprint density at radius 1 is 1.29 bits per heavy atom. The summed E-state index contributed by atoms with van der Waals surface area (Å²) in [6, 6.07) is 1.76. The maximum atomic E-state index is 12.6. The van der Waals surface area contributed by atoms with Crippen LogP contribution in [-0.4, -0.2) is 25.1 Å². The second-order valence-electron chi connectivity index (χ2n) is 6.29. The number of nitrogens with one attached hydrogen (secondary N) is 2. The second kappa shape index (κ2) is 6.50. The summed E-state index contributed by atoms with van der Waals surface area (Å²) < 4.78 is 30.0. The van der Waals surface area contributed by atoms with E-state index in [-0.39, 0.29) is 5.54 Å². The van der Waals surface area contributed by atoms with Gasteiger partial charge in [-0.25, -0.2) is 13.1 Å². The van der Waals surface area contributed by atoms with Crippen molar-refractivity contribution in [2.24, 2.45) is 7.05 Å². The van der Waals surface area contributed by atoms with E-state index in [2.05, 4.69) is 10.0 Å². The Hall–Kier alpha value is -0.850. The third-order valence-corrected chi connectivity index (χ3v) is 5.89. The average molecular weight is 313 g/mol. The van der Waals surface area contributed by atoms with Crippen LogP contribution >= 0.6 is 0 Å². The molecule has 0 amide bonds. The summed E-state index contributed by atoms with van der Waals surface area (Å²) in [6.07, 6.45) is 6.93. The van der Waals surface area contributed by atoms with E-state index >= 15 is 0 Å². The summed E-state index contributed by atoms with van der Waals surface area (Å²) in [5.74, 6) is 0. The first-order valence-electron chi connectivity index (χ1n) is 7.76. The molecule has 0 aromatic carbocycles. The van der Waals surface area contributed by atoms with Crippen molar-refractivity contribution in [1.82, 2.24) is 14.6 Å². The van der Waals surface area contributed by atoms with Gasteiger partial charge in [0.2, 0.25) is 10.0 Å². The predicted octanol–water partition coefficient (Wildman–Crippen LogP) is 2.14. The lowest BCUT2D eigenvalue weighted by molar-refractivity contribution is 0.294. The van der Waals surface area contributed by atoms with Crippen LogP contribution in [0.4, 0.5) is 0 Å². The molecule has 1 fully saturated rings. The lowest BCUT2D eigenvalue weighted by Crippen LogP contribution is -2.46. The normalized spacial score (nSPS) is 18.8. The minimum absolute atomic E-state index is 0.297. The molecule has 2 rings (SSSR count). The quantitative estimate of drug-likeness (QED) is 0.846. The van der Waals surface area contributed by atoms with Crippen molar-refractivity contribution in [3.05, 3.63) is 18.0 Å². The molecule has 5 nitrogen and oxygen atoms in total. The number of hydrogen-bond acceptors (Lipinski definition) is 3. The van der Waals surface area contributed by atoms with E-state index in [0.29, 0.717) is 11.4 Å². The van der Waals surface area contributed by atoms with Crippen molar-refractivity contribution in [3.63, 3.8) is 0 Å². The van der Waals surface area contributed by atoms with Gasteiger partial charge < -0.3 is 9.88 Å². The zero-order valence-corrected chi connectivity index (χ0v) is 14.1. The lowest BCUT2D eigenvalue weighted by Gasteiger charge is -2.33. The van der Waals surface area contributed by atoms with E-state index in [0.717, 1.165) is 37.9 Å². The van der Waals surface area contributed by atoms with Crippen molar-refractivity contribution in [3.8, 4) is 0 Å². The molecule has 1 aromatic heterocycles. The van der Waals surface area contributed by atoms with Crippen LogP contribution in [0.15, 0.2) is 17.2 Å². The number of nitrogens with zero attached hydrogens (tertiary/aromatic N) is 1. The van der Waals surface area contributed by atoms with Gasteiger partial charge >= 0.3 is 0 Å². The Morgan fingerprint density at radius 3 is 2.57 bits per heavy atom. The standard InChI is InChI=1S/C15H27N3O2S/c1-4-16-11-13-10-14(12-18(13)3)21(19,20)17-15(2)8-6-5-7-9-15/h10,12,16-17H,4-9,11H2,1-3H3. The van der Waals surface area contributed by atoms with Gasteiger partial charge in [-0.2, -0.15) is 0 Å². The molecule has 120 valence electrons. The van der Waals surface area contributed by atoms with Gasteiger partial charge in [0.1, 0.15) is 0 Å². The summed E-state index contributed by atoms with van der Waals surface area (Å²) in [5, 5.41) is 3.22. The monoisotopic (exact) mass is 313 g/mol. The minimum Gasteiger partial charge on any atom is -0.352 e. The van der Waals surface area contributed by atoms with Crippen LogP contribution in [0.1, 0.15) is 51.6 Å². The molecule has 0 aliphatic heterocycles. The Kier molecular flexibility index (Phi) is 5.11. The van der Waals surface area contributed by atoms with Gasteiger partial charge in [0.25, 0.3) is 0 Å². The average Bonchev–Trinajstić information content (AvgIpc) is 2.78. The molecular formula is C15H27N3O2S. The zero-order valence-electron chi connectivity index (χ0n) is 13.3. The molecule has 21 heavy (non-hydrogen) atoms. The number of hydrogen-bond donors (Lipinski definition) is 2. The van der Waals surface area contributed by atoms with E-state index < -0.39 is 10.0 Å². The number of sulfonamides is 1. The van der Waals surface area contributed by atoms with Crippen LogP contribution in [0.3, 0.4) is 0 Å². The van der Waals surface area contributed by atoms with Crippen molar-refractivity contribution in [2.45, 2.75) is 62.9 Å². The molecule has 1 aromatic rings. The van der Waals surface area contributed by atoms with E-state index in [4.69, 9.17) is 0 Å². The first kappa shape index (κ1) is 16.5. The molecule has 1 aliphatic carbocycles. The predicted molar refractivity (Wildman–Crippen MR) is 84.6 cm³/mol. The van der Waals surface area contributed by atoms with Crippen LogP contribution in [0.25, 0.3) is 0 Å². The summed E-state index contributed by atoms with van der Waals surface area (Å²) >= 11 is 0. The van der Waals surface area contributed by atoms with E-state index in [1.165, 1.54) is 6.42 Å². The Morgan fingerprint density at radius 2 is 1.95 bits per heavy atom. The molecule has 0 bridgehead atoms. The summed E-state index contributed by atoms with van der Waals surface area (Å²) in [7, 11) is -1.56. The summed E-state index contributed by atoms with van der Waals surface area (Å²) in [4.78, 5) is 0.365. The SMILES string of the molecule is CCNCc1cc(S(=O)(=O)NC2(C)CCCCC2)cn1C. The second-order valence-corrected chi connectivity index (χ2v) is 7.97. The number of rotatable bonds is 6. The Labute approximate surface area is 128 Å². The van der Waals surface area contributed by atoms with Gasteiger partial charge in [0.05, 0.1) is 4.90 Å². The van der Waals surface area contributed by atoms with E-state index in [1.54, 1.807) is 12.3 Å². The highest BCUT2D eigenvalue weighted by atomic mass is 32.2. The maximum Gasteiger partial charge on any atom is 0.242 e. The molecule has 0 spiro atoms. The first-order chi connectivity index (χ1) is 9.86. The molecular weight excluding hydrogens is 286 g/mol. The maximum absolute atomic E-state index is 12.6. The molecule has 0 atom stereocenters. The molecule has 1 saturated carbocycles. The van der Waals surface area contributed by atoms with Gasteiger partial charge in [-0.05, 0) is 32.4 Å². The van der Waals surface area contributed by atoms with Crippen LogP contribution in [0, 0.1) is 0 Å². The molecule has 0 unspecified atom stereocenters. The van der Waals surface area contributed by atoms with Crippen LogP contribution in [0.2, 0.25) is 0 Å². The van der Waals surface area contributed by atoms with Gasteiger partial charge in [-0.3, -0.25) is 0 Å². The molecule has 0 radical (unpaired) electrons. The lowest BCUT2D eigenvalue weighted by atomic mass is 9.84. The largest absolute Gasteiger partial charge is 0.352 e. The minimum atomic E-state index is -3.44. The third-order valence-electron chi connectivity index (χ3n) is 4.29. The van der Waals surface area contributed by atoms with E-state index in [1.807, 2.05) is 25.5 Å². The number of aromatic nitrogens is 1. The van der Waals surface area contributed by atoms with Crippen molar-refractivity contribution in [1.29, 1.82) is 0 Å². The topological polar surface area (TPSA) is 63.1 Å². The molecule has 2 N–H and O–H groups in total. The van der Waals surface area contributed by atoms with Crippen molar-refractivity contribution >= 4 is 10.0 Å². The van der Waals surface area contributed by atoms with Gasteiger partial charge in [0.15, 0.2) is 0 Å². The van der Waals surface area contributed by atoms with Gasteiger partial charge in [-0.1, -0.05) is 26.2 Å². The Balaban J connectivity index is 2.15. The zero-order chi connectivity index (χ0) is 15.5. The first-order valence-corrected chi connectivity index (χ1v) is 9.24. The van der Waals surface area contributed by atoms with Crippen molar-refractivity contribution < 1.29 is 8.42 Å². The third kappa shape index (κ3) is 4.08. The summed E-state index contributed by atoms with van der Waals surface area (Å²) in [6.45, 7) is 5.60. The van der Waals surface area contributed by atoms with Crippen LogP contribution < -0.4 is 10.0 Å². The fourth-order valence-corrected chi connectivity index (χ4v) is 4.53. The molecule has 1 heterocycles. The highest BCUT2D eigenvalue weighted by Crippen LogP contribution is 2.29. The van der Waals surface area contributed by atoms with E-state index in [9.17, 15) is 8.42 Å². The van der Waals surface area contributed by atoms with Crippen LogP contribution in [-0.2, 0) is 23.6 Å². The summed E-state index contributed by atoms with van der Waals surface area (Å²) in [5.41, 5.74) is 0.681. The van der Waals surface area contributed by atoms with Gasteiger partial charge in [-0.15, -0.1) is 0 Å². The molecule has 1 aliphatic rings. The number of aryl methyl sites for hydroxylation is 1. The van der Waals surface area contributed by atoms with Crippen LogP contribution in [0.5, 0.6) is 0 Å². The smallest absolute Gasteiger partial charge is 0.242 e.